The fourth-order valence-corrected chi connectivity index (χ4v) is 2.61. The van der Waals surface area contributed by atoms with E-state index >= 15 is 0 Å². The van der Waals surface area contributed by atoms with Crippen LogP contribution in [0.15, 0.2) is 54.0 Å². The Morgan fingerprint density at radius 2 is 2.00 bits per heavy atom. The summed E-state index contributed by atoms with van der Waals surface area (Å²) in [4.78, 5) is 4.26. The van der Waals surface area contributed by atoms with Gasteiger partial charge in [-0.15, -0.1) is 34.2 Å². The average molecular weight is 480 g/mol. The summed E-state index contributed by atoms with van der Waals surface area (Å²) in [5.74, 6) is 1.74. The summed E-state index contributed by atoms with van der Waals surface area (Å²) in [7, 11) is 1.76. The molecule has 144 valence electrons. The molecule has 0 spiro atoms. The highest BCUT2D eigenvalue weighted by Gasteiger charge is 2.04. The number of benzene rings is 1. The Morgan fingerprint density at radius 1 is 1.19 bits per heavy atom. The molecule has 0 aliphatic carbocycles. The zero-order valence-corrected chi connectivity index (χ0v) is 17.9. The Bertz CT molecular complexity index is 840. The van der Waals surface area contributed by atoms with E-state index in [1.54, 1.807) is 13.4 Å². The fourth-order valence-electron chi connectivity index (χ4n) is 2.61. The van der Waals surface area contributed by atoms with Gasteiger partial charge >= 0.3 is 0 Å². The molecule has 9 heteroatoms. The van der Waals surface area contributed by atoms with Gasteiger partial charge in [-0.1, -0.05) is 25.1 Å². The van der Waals surface area contributed by atoms with Gasteiger partial charge < -0.3 is 15.2 Å². The first kappa shape index (κ1) is 20.9. The summed E-state index contributed by atoms with van der Waals surface area (Å²) in [5, 5.41) is 19.0. The molecule has 2 aromatic heterocycles. The molecule has 0 amide bonds. The molecule has 8 nitrogen and oxygen atoms in total. The Labute approximate surface area is 176 Å². The molecule has 0 bridgehead atoms. The van der Waals surface area contributed by atoms with Gasteiger partial charge in [0.15, 0.2) is 5.96 Å². The topological polar surface area (TPSA) is 84.9 Å². The number of nitrogens with one attached hydrogen (secondary N) is 2. The molecule has 0 saturated carbocycles. The zero-order valence-electron chi connectivity index (χ0n) is 15.5. The minimum Gasteiger partial charge on any atom is -0.355 e. The number of aromatic nitrogens is 5. The minimum atomic E-state index is 0. The number of hydrogen-bond acceptors (Lipinski definition) is 4. The Kier molecular flexibility index (Phi) is 8.24. The summed E-state index contributed by atoms with van der Waals surface area (Å²) in [5.41, 5.74) is 2.13. The quantitative estimate of drug-likeness (QED) is 0.307. The maximum atomic E-state index is 4.40. The van der Waals surface area contributed by atoms with Gasteiger partial charge in [0, 0.05) is 44.9 Å². The maximum Gasteiger partial charge on any atom is 0.191 e. The van der Waals surface area contributed by atoms with Crippen LogP contribution in [-0.4, -0.2) is 44.1 Å². The molecule has 0 atom stereocenters. The van der Waals surface area contributed by atoms with Crippen LogP contribution in [0.1, 0.15) is 18.3 Å². The molecule has 0 fully saturated rings. The molecular weight excluding hydrogens is 455 g/mol. The Morgan fingerprint density at radius 3 is 2.74 bits per heavy atom. The van der Waals surface area contributed by atoms with Crippen LogP contribution in [-0.2, 0) is 19.5 Å². The van der Waals surface area contributed by atoms with Crippen LogP contribution >= 0.6 is 24.0 Å². The van der Waals surface area contributed by atoms with Crippen molar-refractivity contribution >= 4 is 29.9 Å². The monoisotopic (exact) mass is 480 g/mol. The van der Waals surface area contributed by atoms with E-state index in [1.165, 1.54) is 0 Å². The SMILES string of the molecule is CCc1nncn1CCNC(=NC)NCc1cnn(-c2ccccc2)c1.I. The first-order chi connectivity index (χ1) is 12.8. The van der Waals surface area contributed by atoms with E-state index in [9.17, 15) is 0 Å². The van der Waals surface area contributed by atoms with Crippen molar-refractivity contribution in [3.05, 3.63) is 60.4 Å². The highest BCUT2D eigenvalue weighted by Crippen LogP contribution is 2.07. The van der Waals surface area contributed by atoms with Crippen LogP contribution in [0.3, 0.4) is 0 Å². The molecule has 0 saturated heterocycles. The van der Waals surface area contributed by atoms with Gasteiger partial charge in [0.25, 0.3) is 0 Å². The molecular formula is C18H25IN8. The second kappa shape index (κ2) is 10.7. The minimum absolute atomic E-state index is 0. The summed E-state index contributed by atoms with van der Waals surface area (Å²) in [6, 6.07) is 10.1. The molecule has 3 rings (SSSR count). The summed E-state index contributed by atoms with van der Waals surface area (Å²) >= 11 is 0. The van der Waals surface area contributed by atoms with Crippen molar-refractivity contribution < 1.29 is 0 Å². The van der Waals surface area contributed by atoms with E-state index in [1.807, 2.05) is 52.0 Å². The van der Waals surface area contributed by atoms with Crippen molar-refractivity contribution in [3.63, 3.8) is 0 Å². The molecule has 0 aliphatic heterocycles. The van der Waals surface area contributed by atoms with Crippen LogP contribution in [0, 0.1) is 0 Å². The molecule has 0 unspecified atom stereocenters. The maximum absolute atomic E-state index is 4.40. The summed E-state index contributed by atoms with van der Waals surface area (Å²) in [6.07, 6.45) is 6.51. The van der Waals surface area contributed by atoms with E-state index in [-0.39, 0.29) is 24.0 Å². The molecule has 2 N–H and O–H groups in total. The molecule has 1 aromatic carbocycles. The van der Waals surface area contributed by atoms with Crippen LogP contribution in [0.4, 0.5) is 0 Å². The molecule has 2 heterocycles. The van der Waals surface area contributed by atoms with Gasteiger partial charge in [-0.05, 0) is 12.1 Å². The third-order valence-corrected chi connectivity index (χ3v) is 4.00. The number of nitrogens with zero attached hydrogens (tertiary/aromatic N) is 6. The summed E-state index contributed by atoms with van der Waals surface area (Å²) < 4.78 is 3.91. The lowest BCUT2D eigenvalue weighted by molar-refractivity contribution is 0.632. The lowest BCUT2D eigenvalue weighted by Crippen LogP contribution is -2.38. The Balaban J connectivity index is 0.00000261. The molecule has 0 radical (unpaired) electrons. The van der Waals surface area contributed by atoms with Crippen LogP contribution in [0.2, 0.25) is 0 Å². The standard InChI is InChI=1S/C18H24N8.HI/c1-3-17-24-22-14-25(17)10-9-20-18(19-2)21-11-15-12-23-26(13-15)16-7-5-4-6-8-16;/h4-8,12-14H,3,9-11H2,1-2H3,(H2,19,20,21);1H. The predicted octanol–water partition coefficient (Wildman–Crippen LogP) is 2.01. The van der Waals surface area contributed by atoms with Crippen molar-refractivity contribution in [3.8, 4) is 5.69 Å². The smallest absolute Gasteiger partial charge is 0.191 e. The van der Waals surface area contributed by atoms with Crippen molar-refractivity contribution in [2.24, 2.45) is 4.99 Å². The number of halogens is 1. The number of guanidine groups is 1. The lowest BCUT2D eigenvalue weighted by atomic mass is 10.3. The summed E-state index contributed by atoms with van der Waals surface area (Å²) in [6.45, 7) is 4.26. The van der Waals surface area contributed by atoms with Gasteiger partial charge in [0.05, 0.1) is 11.9 Å². The first-order valence-electron chi connectivity index (χ1n) is 8.70. The molecule has 3 aromatic rings. The van der Waals surface area contributed by atoms with Crippen LogP contribution in [0.25, 0.3) is 5.69 Å². The van der Waals surface area contributed by atoms with Crippen molar-refractivity contribution in [1.29, 1.82) is 0 Å². The van der Waals surface area contributed by atoms with Crippen molar-refractivity contribution in [1.82, 2.24) is 35.2 Å². The van der Waals surface area contributed by atoms with Gasteiger partial charge in [-0.25, -0.2) is 4.68 Å². The molecule has 27 heavy (non-hydrogen) atoms. The second-order valence-electron chi connectivity index (χ2n) is 5.78. The van der Waals surface area contributed by atoms with Crippen LogP contribution < -0.4 is 10.6 Å². The van der Waals surface area contributed by atoms with E-state index in [4.69, 9.17) is 0 Å². The number of para-hydroxylation sites is 1. The largest absolute Gasteiger partial charge is 0.355 e. The number of rotatable bonds is 7. The van der Waals surface area contributed by atoms with Crippen molar-refractivity contribution in [2.75, 3.05) is 13.6 Å². The lowest BCUT2D eigenvalue weighted by Gasteiger charge is -2.12. The van der Waals surface area contributed by atoms with E-state index < -0.39 is 0 Å². The van der Waals surface area contributed by atoms with Gasteiger partial charge in [0.2, 0.25) is 0 Å². The zero-order chi connectivity index (χ0) is 18.2. The van der Waals surface area contributed by atoms with E-state index in [0.29, 0.717) is 6.54 Å². The van der Waals surface area contributed by atoms with Gasteiger partial charge in [-0.2, -0.15) is 5.10 Å². The average Bonchev–Trinajstić information content (AvgIpc) is 3.34. The highest BCUT2D eigenvalue weighted by atomic mass is 127. The van der Waals surface area contributed by atoms with Gasteiger partial charge in [0.1, 0.15) is 12.2 Å². The fraction of sp³-hybridized carbons (Fsp3) is 0.333. The predicted molar refractivity (Wildman–Crippen MR) is 117 cm³/mol. The highest BCUT2D eigenvalue weighted by molar-refractivity contribution is 14.0. The normalized spacial score (nSPS) is 11.1. The Hall–Kier alpha value is -2.43. The first-order valence-corrected chi connectivity index (χ1v) is 8.70. The van der Waals surface area contributed by atoms with E-state index in [0.717, 1.165) is 42.5 Å². The van der Waals surface area contributed by atoms with E-state index in [2.05, 4.69) is 37.8 Å². The van der Waals surface area contributed by atoms with Gasteiger partial charge in [-0.3, -0.25) is 4.99 Å². The van der Waals surface area contributed by atoms with Crippen LogP contribution in [0.5, 0.6) is 0 Å². The number of aliphatic imine (C=N–C) groups is 1. The van der Waals surface area contributed by atoms with Crippen molar-refractivity contribution in [2.45, 2.75) is 26.4 Å². The number of hydrogen-bond donors (Lipinski definition) is 2. The third kappa shape index (κ3) is 5.78. The molecule has 0 aliphatic rings. The second-order valence-corrected chi connectivity index (χ2v) is 5.78. The third-order valence-electron chi connectivity index (χ3n) is 4.00. The number of aryl methyl sites for hydroxylation is 1.